The largest absolute Gasteiger partial charge is 0.324 e. The summed E-state index contributed by atoms with van der Waals surface area (Å²) in [5.74, 6) is 0.587. The summed E-state index contributed by atoms with van der Waals surface area (Å²) in [6.45, 7) is 13.8. The molecule has 7 heteroatoms. The van der Waals surface area contributed by atoms with Gasteiger partial charge >= 0.3 is 0 Å². The molecular weight excluding hydrogens is 392 g/mol. The number of nitrogens with zero attached hydrogens (tertiary/aromatic N) is 4. The highest BCUT2D eigenvalue weighted by molar-refractivity contribution is 7.13. The molecule has 2 N–H and O–H groups in total. The molecule has 0 fully saturated rings. The molecule has 0 saturated carbocycles. The van der Waals surface area contributed by atoms with Crippen molar-refractivity contribution in [2.24, 2.45) is 0 Å². The van der Waals surface area contributed by atoms with E-state index in [1.54, 1.807) is 17.5 Å². The number of aromatic nitrogens is 3. The van der Waals surface area contributed by atoms with Crippen molar-refractivity contribution in [3.63, 3.8) is 0 Å². The Hall–Kier alpha value is -2.35. The van der Waals surface area contributed by atoms with Gasteiger partial charge < -0.3 is 15.5 Å². The van der Waals surface area contributed by atoms with Gasteiger partial charge in [0, 0.05) is 23.8 Å². The molecular formula is C23H32N6S. The number of aryl methyl sites for hydroxylation is 2. The molecule has 0 unspecified atom stereocenters. The Morgan fingerprint density at radius 1 is 1.03 bits per heavy atom. The van der Waals surface area contributed by atoms with Gasteiger partial charge in [-0.3, -0.25) is 0 Å². The number of anilines is 2. The first-order valence-electron chi connectivity index (χ1n) is 10.6. The van der Waals surface area contributed by atoms with E-state index in [2.05, 4.69) is 76.8 Å². The van der Waals surface area contributed by atoms with Crippen LogP contribution in [-0.2, 0) is 6.54 Å². The van der Waals surface area contributed by atoms with Crippen molar-refractivity contribution in [1.82, 2.24) is 25.2 Å². The number of rotatable bonds is 11. The molecule has 0 bridgehead atoms. The second kappa shape index (κ2) is 11.2. The van der Waals surface area contributed by atoms with Gasteiger partial charge in [-0.2, -0.15) is 0 Å². The van der Waals surface area contributed by atoms with Crippen molar-refractivity contribution < 1.29 is 0 Å². The fourth-order valence-electron chi connectivity index (χ4n) is 3.40. The summed E-state index contributed by atoms with van der Waals surface area (Å²) in [6.07, 6.45) is 2.93. The zero-order valence-electron chi connectivity index (χ0n) is 18.4. The second-order valence-electron chi connectivity index (χ2n) is 7.47. The minimum atomic E-state index is 0.587. The first-order valence-corrected chi connectivity index (χ1v) is 11.5. The van der Waals surface area contributed by atoms with Crippen molar-refractivity contribution in [2.75, 3.05) is 31.5 Å². The van der Waals surface area contributed by atoms with Gasteiger partial charge in [-0.05, 0) is 75.8 Å². The Labute approximate surface area is 183 Å². The van der Waals surface area contributed by atoms with Gasteiger partial charge in [0.15, 0.2) is 0 Å². The Bertz CT molecular complexity index is 915. The average Bonchev–Trinajstić information content (AvgIpc) is 3.19. The molecule has 0 aliphatic rings. The molecule has 0 spiro atoms. The second-order valence-corrected chi connectivity index (χ2v) is 8.33. The standard InChI is InChI=1S/C23H32N6S/c1-5-29(6-2)11-7-9-24-15-20-16-30-22(26-20)21-8-10-25-23(28-21)27-19-13-17(3)12-18(4)14-19/h8,10,12-14,16,24H,5-7,9,11,15H2,1-4H3,(H,25,27,28). The fraction of sp³-hybridized carbons (Fsp3) is 0.435. The molecule has 0 radical (unpaired) electrons. The van der Waals surface area contributed by atoms with Crippen LogP contribution in [0.2, 0.25) is 0 Å². The van der Waals surface area contributed by atoms with E-state index < -0.39 is 0 Å². The molecule has 0 aliphatic heterocycles. The van der Waals surface area contributed by atoms with Crippen LogP contribution in [0, 0.1) is 13.8 Å². The van der Waals surface area contributed by atoms with E-state index in [-0.39, 0.29) is 0 Å². The van der Waals surface area contributed by atoms with Crippen molar-refractivity contribution in [2.45, 2.75) is 40.7 Å². The Morgan fingerprint density at radius 2 is 1.80 bits per heavy atom. The van der Waals surface area contributed by atoms with E-state index in [0.717, 1.165) is 61.2 Å². The molecule has 30 heavy (non-hydrogen) atoms. The van der Waals surface area contributed by atoms with E-state index >= 15 is 0 Å². The predicted molar refractivity (Wildman–Crippen MR) is 126 cm³/mol. The number of hydrogen-bond donors (Lipinski definition) is 2. The molecule has 0 amide bonds. The number of hydrogen-bond acceptors (Lipinski definition) is 7. The van der Waals surface area contributed by atoms with Gasteiger partial charge in [0.05, 0.1) is 5.69 Å². The first-order chi connectivity index (χ1) is 14.6. The minimum Gasteiger partial charge on any atom is -0.324 e. The average molecular weight is 425 g/mol. The fourth-order valence-corrected chi connectivity index (χ4v) is 4.19. The topological polar surface area (TPSA) is 66.0 Å². The maximum absolute atomic E-state index is 4.75. The third-order valence-electron chi connectivity index (χ3n) is 4.93. The molecule has 160 valence electrons. The summed E-state index contributed by atoms with van der Waals surface area (Å²) in [6, 6.07) is 8.25. The summed E-state index contributed by atoms with van der Waals surface area (Å²) >= 11 is 1.62. The monoisotopic (exact) mass is 424 g/mol. The van der Waals surface area contributed by atoms with E-state index in [4.69, 9.17) is 4.98 Å². The summed E-state index contributed by atoms with van der Waals surface area (Å²) < 4.78 is 0. The summed E-state index contributed by atoms with van der Waals surface area (Å²) in [7, 11) is 0. The number of nitrogens with one attached hydrogen (secondary N) is 2. The van der Waals surface area contributed by atoms with Gasteiger partial charge in [0.25, 0.3) is 0 Å². The molecule has 6 nitrogen and oxygen atoms in total. The van der Waals surface area contributed by atoms with E-state index in [1.165, 1.54) is 11.1 Å². The minimum absolute atomic E-state index is 0.587. The quantitative estimate of drug-likeness (QED) is 0.432. The van der Waals surface area contributed by atoms with Gasteiger partial charge in [0.1, 0.15) is 10.7 Å². The Morgan fingerprint density at radius 3 is 2.53 bits per heavy atom. The van der Waals surface area contributed by atoms with Gasteiger partial charge in [-0.15, -0.1) is 11.3 Å². The molecule has 0 atom stereocenters. The highest BCUT2D eigenvalue weighted by atomic mass is 32.1. The van der Waals surface area contributed by atoms with E-state index in [0.29, 0.717) is 5.95 Å². The Kier molecular flexibility index (Phi) is 8.30. The van der Waals surface area contributed by atoms with Crippen LogP contribution in [0.3, 0.4) is 0 Å². The Balaban J connectivity index is 1.55. The van der Waals surface area contributed by atoms with Crippen molar-refractivity contribution in [3.8, 4) is 10.7 Å². The predicted octanol–water partition coefficient (Wildman–Crippen LogP) is 4.78. The zero-order valence-corrected chi connectivity index (χ0v) is 19.2. The lowest BCUT2D eigenvalue weighted by molar-refractivity contribution is 0.298. The molecule has 1 aromatic carbocycles. The van der Waals surface area contributed by atoms with Crippen LogP contribution in [-0.4, -0.2) is 46.0 Å². The highest BCUT2D eigenvalue weighted by Gasteiger charge is 2.08. The number of thiazole rings is 1. The maximum atomic E-state index is 4.75. The summed E-state index contributed by atoms with van der Waals surface area (Å²) in [4.78, 5) is 16.2. The normalized spacial score (nSPS) is 11.2. The summed E-state index contributed by atoms with van der Waals surface area (Å²) in [5.41, 5.74) is 5.32. The smallest absolute Gasteiger partial charge is 0.227 e. The lowest BCUT2D eigenvalue weighted by atomic mass is 10.1. The van der Waals surface area contributed by atoms with Crippen molar-refractivity contribution >= 4 is 23.0 Å². The molecule has 0 aliphatic carbocycles. The first kappa shape index (κ1) is 22.3. The van der Waals surface area contributed by atoms with Crippen molar-refractivity contribution in [3.05, 3.63) is 52.7 Å². The molecule has 2 aromatic heterocycles. The molecule has 3 aromatic rings. The SMILES string of the molecule is CCN(CC)CCCNCc1csc(-c2ccnc(Nc3cc(C)cc(C)c3)n2)n1. The van der Waals surface area contributed by atoms with Crippen molar-refractivity contribution in [1.29, 1.82) is 0 Å². The van der Waals surface area contributed by atoms with Crippen LogP contribution in [0.15, 0.2) is 35.8 Å². The molecule has 0 saturated heterocycles. The van der Waals surface area contributed by atoms with Crippen LogP contribution in [0.1, 0.15) is 37.1 Å². The molecule has 2 heterocycles. The van der Waals surface area contributed by atoms with Gasteiger partial charge in [-0.1, -0.05) is 19.9 Å². The number of benzene rings is 1. The van der Waals surface area contributed by atoms with E-state index in [1.807, 2.05) is 6.07 Å². The van der Waals surface area contributed by atoms with Crippen LogP contribution in [0.25, 0.3) is 10.7 Å². The van der Waals surface area contributed by atoms with Gasteiger partial charge in [-0.25, -0.2) is 15.0 Å². The van der Waals surface area contributed by atoms with E-state index in [9.17, 15) is 0 Å². The van der Waals surface area contributed by atoms with Gasteiger partial charge in [0.2, 0.25) is 5.95 Å². The molecule has 3 rings (SSSR count). The van der Waals surface area contributed by atoms with Crippen LogP contribution in [0.4, 0.5) is 11.6 Å². The van der Waals surface area contributed by atoms with Crippen LogP contribution in [0.5, 0.6) is 0 Å². The zero-order chi connectivity index (χ0) is 21.3. The third-order valence-corrected chi connectivity index (χ3v) is 5.85. The van der Waals surface area contributed by atoms with Crippen LogP contribution < -0.4 is 10.6 Å². The lowest BCUT2D eigenvalue weighted by Gasteiger charge is -2.17. The third kappa shape index (κ3) is 6.58. The highest BCUT2D eigenvalue weighted by Crippen LogP contribution is 2.24. The summed E-state index contributed by atoms with van der Waals surface area (Å²) in [5, 5.41) is 9.83. The van der Waals surface area contributed by atoms with Crippen LogP contribution >= 0.6 is 11.3 Å². The maximum Gasteiger partial charge on any atom is 0.227 e. The lowest BCUT2D eigenvalue weighted by Crippen LogP contribution is -2.27.